The van der Waals surface area contributed by atoms with E-state index in [0.717, 1.165) is 47.8 Å². The Morgan fingerprint density at radius 3 is 2.36 bits per heavy atom. The second-order valence-corrected chi connectivity index (χ2v) is 6.62. The highest BCUT2D eigenvalue weighted by Gasteiger charge is 2.28. The number of hydrogen-bond acceptors (Lipinski definition) is 4. The Morgan fingerprint density at radius 2 is 1.68 bits per heavy atom. The van der Waals surface area contributed by atoms with Crippen LogP contribution in [0.25, 0.3) is 10.8 Å². The van der Waals surface area contributed by atoms with Gasteiger partial charge in [0.25, 0.3) is 0 Å². The second kappa shape index (κ2) is 7.68. The van der Waals surface area contributed by atoms with Crippen molar-refractivity contribution < 1.29 is 19.1 Å². The minimum atomic E-state index is -0.0760. The lowest BCUT2D eigenvalue weighted by molar-refractivity contribution is -0.149. The molecule has 0 bridgehead atoms. The number of carbonyl (C=O) groups excluding carboxylic acids is 2. The maximum absolute atomic E-state index is 11.8. The van der Waals surface area contributed by atoms with E-state index in [1.807, 2.05) is 43.3 Å². The van der Waals surface area contributed by atoms with Crippen LogP contribution in [0.3, 0.4) is 0 Å². The topological polar surface area (TPSA) is 52.6 Å². The molecule has 1 aliphatic rings. The van der Waals surface area contributed by atoms with Crippen molar-refractivity contribution in [3.05, 3.63) is 42.0 Å². The van der Waals surface area contributed by atoms with Gasteiger partial charge in [0.05, 0.1) is 18.6 Å². The first-order valence-electron chi connectivity index (χ1n) is 8.95. The lowest BCUT2D eigenvalue weighted by Crippen LogP contribution is -2.29. The molecule has 1 aliphatic carbocycles. The maximum Gasteiger partial charge on any atom is 0.308 e. The number of rotatable bonds is 5. The van der Waals surface area contributed by atoms with Crippen molar-refractivity contribution in [2.24, 2.45) is 5.92 Å². The van der Waals surface area contributed by atoms with Crippen LogP contribution in [0.4, 0.5) is 0 Å². The summed E-state index contributed by atoms with van der Waals surface area (Å²) in [5, 5.41) is 2.09. The molecule has 0 radical (unpaired) electrons. The summed E-state index contributed by atoms with van der Waals surface area (Å²) in [6.07, 6.45) is 3.51. The van der Waals surface area contributed by atoms with E-state index in [1.165, 1.54) is 0 Å². The summed E-state index contributed by atoms with van der Waals surface area (Å²) in [5.41, 5.74) is 0.721. The van der Waals surface area contributed by atoms with Gasteiger partial charge in [0.2, 0.25) is 0 Å². The molecule has 4 heteroatoms. The number of Topliss-reactive ketones (excluding diaryl/α,β-unsaturated/α-hetero) is 1. The minimum absolute atomic E-state index is 0.0152. The number of benzene rings is 2. The first kappa shape index (κ1) is 17.5. The summed E-state index contributed by atoms with van der Waals surface area (Å²) < 4.78 is 11.2. The molecule has 0 unspecified atom stereocenters. The van der Waals surface area contributed by atoms with E-state index in [9.17, 15) is 9.59 Å². The van der Waals surface area contributed by atoms with Crippen molar-refractivity contribution in [3.63, 3.8) is 0 Å². The van der Waals surface area contributed by atoms with Gasteiger partial charge in [-0.15, -0.1) is 0 Å². The van der Waals surface area contributed by atoms with Gasteiger partial charge in [-0.3, -0.25) is 9.59 Å². The molecule has 2 aromatic rings. The van der Waals surface area contributed by atoms with Crippen LogP contribution < -0.4 is 4.74 Å². The fraction of sp³-hybridized carbons (Fsp3) is 0.429. The predicted molar refractivity (Wildman–Crippen MR) is 97.0 cm³/mol. The molecule has 0 heterocycles. The van der Waals surface area contributed by atoms with Gasteiger partial charge in [0, 0.05) is 5.56 Å². The van der Waals surface area contributed by atoms with Crippen molar-refractivity contribution in [1.82, 2.24) is 0 Å². The number of ether oxygens (including phenoxy) is 2. The highest BCUT2D eigenvalue weighted by molar-refractivity contribution is 5.98. The summed E-state index contributed by atoms with van der Waals surface area (Å²) in [7, 11) is 0. The lowest BCUT2D eigenvalue weighted by Gasteiger charge is -2.27. The molecule has 0 spiro atoms. The van der Waals surface area contributed by atoms with Gasteiger partial charge < -0.3 is 9.47 Å². The molecule has 0 saturated heterocycles. The third-order valence-electron chi connectivity index (χ3n) is 4.82. The molecular weight excluding hydrogens is 316 g/mol. The highest BCUT2D eigenvalue weighted by Crippen LogP contribution is 2.30. The molecule has 0 N–H and O–H groups in total. The number of fused-ring (bicyclic) bond motifs is 1. The number of esters is 1. The fourth-order valence-electron chi connectivity index (χ4n) is 3.39. The zero-order valence-electron chi connectivity index (χ0n) is 14.8. The van der Waals surface area contributed by atoms with Crippen molar-refractivity contribution in [2.75, 3.05) is 6.61 Å². The Bertz CT molecular complexity index is 773. The highest BCUT2D eigenvalue weighted by atomic mass is 16.5. The molecule has 1 fully saturated rings. The Hall–Kier alpha value is -2.36. The summed E-state index contributed by atoms with van der Waals surface area (Å²) in [5.74, 6) is 0.845. The number of hydrogen-bond donors (Lipinski definition) is 0. The molecule has 0 aliphatic heterocycles. The van der Waals surface area contributed by atoms with Gasteiger partial charge >= 0.3 is 5.97 Å². The molecule has 0 aromatic heterocycles. The second-order valence-electron chi connectivity index (χ2n) is 6.62. The zero-order chi connectivity index (χ0) is 17.8. The van der Waals surface area contributed by atoms with E-state index in [1.54, 1.807) is 6.92 Å². The Labute approximate surface area is 148 Å². The molecule has 25 heavy (non-hydrogen) atoms. The normalized spacial score (nSPS) is 20.2. The molecule has 132 valence electrons. The summed E-state index contributed by atoms with van der Waals surface area (Å²) in [4.78, 5) is 23.3. The van der Waals surface area contributed by atoms with Crippen molar-refractivity contribution in [2.45, 2.75) is 45.6 Å². The molecular formula is C21H24O4. The first-order chi connectivity index (χ1) is 12.1. The van der Waals surface area contributed by atoms with E-state index in [0.29, 0.717) is 6.61 Å². The monoisotopic (exact) mass is 340 g/mol. The summed E-state index contributed by atoms with van der Waals surface area (Å²) >= 11 is 0. The standard InChI is InChI=1S/C21H24O4/c1-3-24-21(23)15-6-9-19(10-7-15)25-20-11-8-17-12-16(14(2)22)4-5-18(17)13-20/h4-5,8,11-13,15,19H,3,6-7,9-10H2,1-2H3/t15-,19+. The fourth-order valence-corrected chi connectivity index (χ4v) is 3.39. The summed E-state index contributed by atoms with van der Waals surface area (Å²) in [6.45, 7) is 3.86. The summed E-state index contributed by atoms with van der Waals surface area (Å²) in [6, 6.07) is 11.7. The van der Waals surface area contributed by atoms with Crippen molar-refractivity contribution in [3.8, 4) is 5.75 Å². The van der Waals surface area contributed by atoms with Crippen molar-refractivity contribution >= 4 is 22.5 Å². The van der Waals surface area contributed by atoms with Crippen LogP contribution in [-0.2, 0) is 9.53 Å². The molecule has 0 amide bonds. The van der Waals surface area contributed by atoms with Gasteiger partial charge in [-0.2, -0.15) is 0 Å². The van der Waals surface area contributed by atoms with Crippen LogP contribution in [0.5, 0.6) is 5.75 Å². The quantitative estimate of drug-likeness (QED) is 0.592. The van der Waals surface area contributed by atoms with Gasteiger partial charge in [0.1, 0.15) is 5.75 Å². The van der Waals surface area contributed by atoms with E-state index in [-0.39, 0.29) is 23.8 Å². The van der Waals surface area contributed by atoms with Crippen molar-refractivity contribution in [1.29, 1.82) is 0 Å². The Balaban J connectivity index is 1.63. The molecule has 4 nitrogen and oxygen atoms in total. The lowest BCUT2D eigenvalue weighted by atomic mass is 9.87. The van der Waals surface area contributed by atoms with Gasteiger partial charge in [-0.1, -0.05) is 18.2 Å². The van der Waals surface area contributed by atoms with E-state index < -0.39 is 0 Å². The van der Waals surface area contributed by atoms with Gasteiger partial charge in [0.15, 0.2) is 5.78 Å². The average molecular weight is 340 g/mol. The molecule has 2 aromatic carbocycles. The number of carbonyl (C=O) groups is 2. The predicted octanol–water partition coefficient (Wildman–Crippen LogP) is 4.54. The van der Waals surface area contributed by atoms with Gasteiger partial charge in [-0.05, 0) is 68.5 Å². The maximum atomic E-state index is 11.8. The Kier molecular flexibility index (Phi) is 5.37. The van der Waals surface area contributed by atoms with E-state index >= 15 is 0 Å². The number of ketones is 1. The zero-order valence-corrected chi connectivity index (χ0v) is 14.8. The van der Waals surface area contributed by atoms with Crippen LogP contribution in [-0.4, -0.2) is 24.5 Å². The molecule has 3 rings (SSSR count). The van der Waals surface area contributed by atoms with Crippen LogP contribution in [0.1, 0.15) is 49.9 Å². The van der Waals surface area contributed by atoms with Crippen LogP contribution in [0, 0.1) is 5.92 Å². The van der Waals surface area contributed by atoms with E-state index in [4.69, 9.17) is 9.47 Å². The third kappa shape index (κ3) is 4.19. The van der Waals surface area contributed by atoms with E-state index in [2.05, 4.69) is 0 Å². The SMILES string of the molecule is CCOC(=O)[C@H]1CC[C@@H](Oc2ccc3cc(C(C)=O)ccc3c2)CC1. The molecule has 1 saturated carbocycles. The van der Waals surface area contributed by atoms with Crippen LogP contribution in [0.15, 0.2) is 36.4 Å². The average Bonchev–Trinajstić information content (AvgIpc) is 2.62. The smallest absolute Gasteiger partial charge is 0.308 e. The molecule has 0 atom stereocenters. The minimum Gasteiger partial charge on any atom is -0.490 e. The third-order valence-corrected chi connectivity index (χ3v) is 4.82. The van der Waals surface area contributed by atoms with Crippen LogP contribution in [0.2, 0.25) is 0 Å². The van der Waals surface area contributed by atoms with Gasteiger partial charge in [-0.25, -0.2) is 0 Å². The largest absolute Gasteiger partial charge is 0.490 e. The first-order valence-corrected chi connectivity index (χ1v) is 8.95. The van der Waals surface area contributed by atoms with Crippen LogP contribution >= 0.6 is 0 Å². The Morgan fingerprint density at radius 1 is 1.00 bits per heavy atom.